The fourth-order valence-electron chi connectivity index (χ4n) is 1.24. The van der Waals surface area contributed by atoms with Crippen molar-refractivity contribution in [2.45, 2.75) is 13.0 Å². The molecule has 0 bridgehead atoms. The fraction of sp³-hybridized carbons (Fsp3) is 0.222. The summed E-state index contributed by atoms with van der Waals surface area (Å²) in [5, 5.41) is 8.72. The molecule has 0 aromatic carbocycles. The molecule has 0 aliphatic carbocycles. The Hall–Kier alpha value is -1.69. The molecule has 0 saturated carbocycles. The molecule has 1 N–H and O–H groups in total. The van der Waals surface area contributed by atoms with Crippen LogP contribution in [0, 0.1) is 0 Å². The Morgan fingerprint density at radius 1 is 1.67 bits per heavy atom. The molecule has 0 amide bonds. The van der Waals surface area contributed by atoms with Crippen LogP contribution in [-0.2, 0) is 0 Å². The van der Waals surface area contributed by atoms with Gasteiger partial charge in [0.05, 0.1) is 17.9 Å². The van der Waals surface area contributed by atoms with Gasteiger partial charge in [-0.05, 0) is 6.92 Å². The Bertz CT molecular complexity index is 463. The largest absolute Gasteiger partial charge is 0.476 e. The lowest BCUT2D eigenvalue weighted by molar-refractivity contribution is 0.0691. The lowest BCUT2D eigenvalue weighted by Crippen LogP contribution is -2.02. The van der Waals surface area contributed by atoms with E-state index in [4.69, 9.17) is 5.11 Å². The summed E-state index contributed by atoms with van der Waals surface area (Å²) in [5.41, 5.74) is 1.81. The van der Waals surface area contributed by atoms with Gasteiger partial charge in [0.2, 0.25) is 0 Å². The highest BCUT2D eigenvalue weighted by atomic mass is 32.1. The molecule has 0 aliphatic rings. The van der Waals surface area contributed by atoms with Crippen molar-refractivity contribution < 1.29 is 9.90 Å². The highest BCUT2D eigenvalue weighted by Gasteiger charge is 2.12. The van der Waals surface area contributed by atoms with Gasteiger partial charge in [0, 0.05) is 17.3 Å². The van der Waals surface area contributed by atoms with E-state index in [1.54, 1.807) is 16.3 Å². The van der Waals surface area contributed by atoms with Gasteiger partial charge in [-0.3, -0.25) is 4.98 Å². The van der Waals surface area contributed by atoms with Crippen LogP contribution in [0.3, 0.4) is 0 Å². The molecule has 2 heterocycles. The van der Waals surface area contributed by atoms with Crippen LogP contribution in [0.2, 0.25) is 0 Å². The van der Waals surface area contributed by atoms with Crippen molar-refractivity contribution >= 4 is 17.3 Å². The number of aromatic nitrogens is 3. The van der Waals surface area contributed by atoms with Crippen LogP contribution < -0.4 is 0 Å². The van der Waals surface area contributed by atoms with E-state index < -0.39 is 5.97 Å². The summed E-state index contributed by atoms with van der Waals surface area (Å²) in [5.74, 6) is -1.01. The Morgan fingerprint density at radius 3 is 3.00 bits per heavy atom. The second kappa shape index (κ2) is 3.82. The first kappa shape index (κ1) is 9.85. The average Bonchev–Trinajstić information content (AvgIpc) is 2.88. The van der Waals surface area contributed by atoms with Crippen molar-refractivity contribution in [3.05, 3.63) is 34.8 Å². The molecular weight excluding hydrogens is 214 g/mol. The summed E-state index contributed by atoms with van der Waals surface area (Å²) < 4.78 is 1.76. The molecule has 0 radical (unpaired) electrons. The normalized spacial score (nSPS) is 12.6. The summed E-state index contributed by atoms with van der Waals surface area (Å²) >= 11 is 1.54. The smallest absolute Gasteiger partial charge is 0.356 e. The molecule has 0 spiro atoms. The van der Waals surface area contributed by atoms with Crippen molar-refractivity contribution in [3.8, 4) is 0 Å². The van der Waals surface area contributed by atoms with E-state index in [9.17, 15) is 4.79 Å². The maximum atomic E-state index is 10.6. The van der Waals surface area contributed by atoms with Gasteiger partial charge in [-0.15, -0.1) is 11.3 Å². The van der Waals surface area contributed by atoms with Gasteiger partial charge in [-0.1, -0.05) is 0 Å². The molecule has 1 unspecified atom stereocenters. The topological polar surface area (TPSA) is 68.0 Å². The van der Waals surface area contributed by atoms with E-state index in [1.165, 1.54) is 23.9 Å². The highest BCUT2D eigenvalue weighted by Crippen LogP contribution is 2.21. The van der Waals surface area contributed by atoms with Gasteiger partial charge in [-0.25, -0.2) is 9.78 Å². The third kappa shape index (κ3) is 1.89. The zero-order chi connectivity index (χ0) is 10.8. The summed E-state index contributed by atoms with van der Waals surface area (Å²) in [4.78, 5) is 19.5. The molecule has 1 atom stereocenters. The Kier molecular flexibility index (Phi) is 2.51. The number of nitrogens with zero attached hydrogens (tertiary/aromatic N) is 3. The van der Waals surface area contributed by atoms with Crippen molar-refractivity contribution in [2.24, 2.45) is 0 Å². The van der Waals surface area contributed by atoms with Crippen molar-refractivity contribution in [1.29, 1.82) is 0 Å². The number of imidazole rings is 1. The van der Waals surface area contributed by atoms with E-state index in [-0.39, 0.29) is 11.7 Å². The van der Waals surface area contributed by atoms with Crippen LogP contribution in [0.5, 0.6) is 0 Å². The van der Waals surface area contributed by atoms with Crippen LogP contribution in [0.25, 0.3) is 0 Å². The highest BCUT2D eigenvalue weighted by molar-refractivity contribution is 7.09. The molecule has 78 valence electrons. The van der Waals surface area contributed by atoms with E-state index in [1.807, 2.05) is 6.92 Å². The Balaban J connectivity index is 2.26. The quantitative estimate of drug-likeness (QED) is 0.859. The van der Waals surface area contributed by atoms with Crippen LogP contribution in [-0.4, -0.2) is 25.6 Å². The second-order valence-electron chi connectivity index (χ2n) is 3.09. The van der Waals surface area contributed by atoms with Gasteiger partial charge in [-0.2, -0.15) is 0 Å². The Labute approximate surface area is 90.0 Å². The number of carboxylic acid groups (broad SMARTS) is 1. The monoisotopic (exact) mass is 223 g/mol. The van der Waals surface area contributed by atoms with E-state index in [0.29, 0.717) is 0 Å². The first-order valence-electron chi connectivity index (χ1n) is 4.33. The number of aromatic carboxylic acids is 1. The summed E-state index contributed by atoms with van der Waals surface area (Å²) in [6.45, 7) is 1.97. The SMILES string of the molecule is CC(c1cncs1)n1cnc(C(=O)O)c1. The molecule has 5 nitrogen and oxygen atoms in total. The van der Waals surface area contributed by atoms with Crippen molar-refractivity contribution in [3.63, 3.8) is 0 Å². The first-order chi connectivity index (χ1) is 7.18. The van der Waals surface area contributed by atoms with Gasteiger partial charge in [0.25, 0.3) is 0 Å². The minimum Gasteiger partial charge on any atom is -0.476 e. The van der Waals surface area contributed by atoms with Gasteiger partial charge >= 0.3 is 5.97 Å². The number of carbonyl (C=O) groups is 1. The van der Waals surface area contributed by atoms with Gasteiger partial charge in [0.15, 0.2) is 5.69 Å². The fourth-order valence-corrected chi connectivity index (χ4v) is 1.92. The van der Waals surface area contributed by atoms with Crippen LogP contribution in [0.1, 0.15) is 28.3 Å². The summed E-state index contributed by atoms with van der Waals surface area (Å²) in [6.07, 6.45) is 4.82. The van der Waals surface area contributed by atoms with Crippen LogP contribution >= 0.6 is 11.3 Å². The number of carboxylic acids is 1. The van der Waals surface area contributed by atoms with Crippen molar-refractivity contribution in [1.82, 2.24) is 14.5 Å². The molecule has 2 aromatic rings. The zero-order valence-corrected chi connectivity index (χ0v) is 8.81. The maximum absolute atomic E-state index is 10.6. The third-order valence-electron chi connectivity index (χ3n) is 2.13. The number of thiazole rings is 1. The predicted molar refractivity (Wildman–Crippen MR) is 55.1 cm³/mol. The van der Waals surface area contributed by atoms with E-state index in [0.717, 1.165) is 4.88 Å². The average molecular weight is 223 g/mol. The Morgan fingerprint density at radius 2 is 2.47 bits per heavy atom. The number of hydrogen-bond donors (Lipinski definition) is 1. The number of rotatable bonds is 3. The molecule has 0 saturated heterocycles. The number of hydrogen-bond acceptors (Lipinski definition) is 4. The summed E-state index contributed by atoms with van der Waals surface area (Å²) in [6, 6.07) is 0.0677. The minimum atomic E-state index is -1.01. The standard InChI is InChI=1S/C9H9N3O2S/c1-6(8-2-10-5-15-8)12-3-7(9(13)14)11-4-12/h2-6H,1H3,(H,13,14). The van der Waals surface area contributed by atoms with Crippen LogP contribution in [0.4, 0.5) is 0 Å². The molecule has 0 aliphatic heterocycles. The summed E-state index contributed by atoms with van der Waals surface area (Å²) in [7, 11) is 0. The van der Waals surface area contributed by atoms with E-state index in [2.05, 4.69) is 9.97 Å². The minimum absolute atomic E-state index is 0.0614. The predicted octanol–water partition coefficient (Wildman–Crippen LogP) is 1.65. The van der Waals surface area contributed by atoms with Crippen LogP contribution in [0.15, 0.2) is 24.2 Å². The molecule has 6 heteroatoms. The molecule has 2 rings (SSSR count). The lowest BCUT2D eigenvalue weighted by Gasteiger charge is -2.09. The second-order valence-corrected chi connectivity index (χ2v) is 4.01. The van der Waals surface area contributed by atoms with Gasteiger partial charge < -0.3 is 9.67 Å². The maximum Gasteiger partial charge on any atom is 0.356 e. The third-order valence-corrected chi connectivity index (χ3v) is 3.08. The molecule has 15 heavy (non-hydrogen) atoms. The van der Waals surface area contributed by atoms with Gasteiger partial charge in [0.1, 0.15) is 0 Å². The van der Waals surface area contributed by atoms with Crippen molar-refractivity contribution in [2.75, 3.05) is 0 Å². The first-order valence-corrected chi connectivity index (χ1v) is 5.21. The molecular formula is C9H9N3O2S. The van der Waals surface area contributed by atoms with E-state index >= 15 is 0 Å². The molecule has 0 fully saturated rings. The lowest BCUT2D eigenvalue weighted by atomic mass is 10.3. The molecule has 2 aromatic heterocycles. The zero-order valence-electron chi connectivity index (χ0n) is 7.99.